The fourth-order valence-electron chi connectivity index (χ4n) is 5.29. The molecule has 1 N–H and O–H groups in total. The molecular formula is C27H35N3O4. The maximum Gasteiger partial charge on any atom is 0.410 e. The van der Waals surface area contributed by atoms with Gasteiger partial charge in [0.15, 0.2) is 0 Å². The van der Waals surface area contributed by atoms with Crippen molar-refractivity contribution in [3.05, 3.63) is 47.7 Å². The van der Waals surface area contributed by atoms with E-state index in [-0.39, 0.29) is 23.3 Å². The summed E-state index contributed by atoms with van der Waals surface area (Å²) in [5.74, 6) is 0.707. The second kappa shape index (κ2) is 9.28. The molecule has 0 saturated carbocycles. The Kier molecular flexibility index (Phi) is 6.56. The molecule has 2 unspecified atom stereocenters. The molecule has 2 aromatic rings. The summed E-state index contributed by atoms with van der Waals surface area (Å²) >= 11 is 0. The van der Waals surface area contributed by atoms with Crippen LogP contribution in [0.2, 0.25) is 0 Å². The summed E-state index contributed by atoms with van der Waals surface area (Å²) in [7, 11) is 0. The molecule has 2 amide bonds. The number of piperidine rings is 1. The van der Waals surface area contributed by atoms with Gasteiger partial charge in [-0.05, 0) is 69.4 Å². The second-order valence-corrected chi connectivity index (χ2v) is 10.2. The maximum absolute atomic E-state index is 13.0. The third-order valence-electron chi connectivity index (χ3n) is 6.92. The van der Waals surface area contributed by atoms with Crippen molar-refractivity contribution >= 4 is 12.0 Å². The van der Waals surface area contributed by atoms with Crippen molar-refractivity contribution in [3.63, 3.8) is 0 Å². The van der Waals surface area contributed by atoms with Crippen LogP contribution in [0.4, 0.5) is 4.79 Å². The van der Waals surface area contributed by atoms with E-state index in [2.05, 4.69) is 29.4 Å². The number of carbonyl (C=O) groups excluding carboxylic acids is 2. The molecule has 2 atom stereocenters. The van der Waals surface area contributed by atoms with E-state index >= 15 is 0 Å². The van der Waals surface area contributed by atoms with Crippen LogP contribution >= 0.6 is 0 Å². The molecule has 1 spiro atoms. The molecule has 2 aliphatic heterocycles. The minimum atomic E-state index is -0.525. The zero-order chi connectivity index (χ0) is 24.5. The molecule has 1 fully saturated rings. The predicted octanol–water partition coefficient (Wildman–Crippen LogP) is 4.80. The zero-order valence-electron chi connectivity index (χ0n) is 20.8. The first-order valence-corrected chi connectivity index (χ1v) is 12.2. The SMILES string of the molecule is CCOc1ncccc1-c1ccc2c(c1)C(=O)NCC21CCN(C(=O)OC(C)(C)C)CC1CC. The van der Waals surface area contributed by atoms with Crippen LogP contribution in [0.25, 0.3) is 11.1 Å². The molecule has 1 aromatic carbocycles. The fraction of sp³-hybridized carbons (Fsp3) is 0.519. The van der Waals surface area contributed by atoms with Crippen molar-refractivity contribution in [2.24, 2.45) is 5.92 Å². The third kappa shape index (κ3) is 4.48. The van der Waals surface area contributed by atoms with Crippen molar-refractivity contribution in [3.8, 4) is 17.0 Å². The van der Waals surface area contributed by atoms with Crippen LogP contribution in [0.1, 0.15) is 63.4 Å². The van der Waals surface area contributed by atoms with E-state index in [0.29, 0.717) is 37.7 Å². The molecule has 3 heterocycles. The molecule has 7 nitrogen and oxygen atoms in total. The Labute approximate surface area is 201 Å². The summed E-state index contributed by atoms with van der Waals surface area (Å²) in [5, 5.41) is 3.14. The number of benzene rings is 1. The largest absolute Gasteiger partial charge is 0.478 e. The van der Waals surface area contributed by atoms with Crippen LogP contribution in [0.5, 0.6) is 5.88 Å². The number of likely N-dealkylation sites (tertiary alicyclic amines) is 1. The highest BCUT2D eigenvalue weighted by molar-refractivity contribution is 5.99. The summed E-state index contributed by atoms with van der Waals surface area (Å²) in [6.07, 6.45) is 3.11. The Balaban J connectivity index is 1.68. The molecule has 1 aromatic heterocycles. The predicted molar refractivity (Wildman–Crippen MR) is 131 cm³/mol. The average Bonchev–Trinajstić information content (AvgIpc) is 2.81. The number of nitrogens with one attached hydrogen (secondary N) is 1. The van der Waals surface area contributed by atoms with Crippen LogP contribution in [-0.4, -0.2) is 53.7 Å². The number of rotatable bonds is 4. The number of ether oxygens (including phenoxy) is 2. The van der Waals surface area contributed by atoms with Gasteiger partial charge in [-0.1, -0.05) is 25.5 Å². The highest BCUT2D eigenvalue weighted by Crippen LogP contribution is 2.45. The number of amides is 2. The van der Waals surface area contributed by atoms with Crippen LogP contribution in [0.15, 0.2) is 36.5 Å². The lowest BCUT2D eigenvalue weighted by Crippen LogP contribution is -2.59. The maximum atomic E-state index is 13.0. The minimum Gasteiger partial charge on any atom is -0.478 e. The van der Waals surface area contributed by atoms with E-state index in [4.69, 9.17) is 9.47 Å². The summed E-state index contributed by atoms with van der Waals surface area (Å²) < 4.78 is 11.3. The molecule has 0 radical (unpaired) electrons. The van der Waals surface area contributed by atoms with Gasteiger partial charge in [0.05, 0.1) is 6.61 Å². The molecule has 1 saturated heterocycles. The van der Waals surface area contributed by atoms with Crippen LogP contribution in [0, 0.1) is 5.92 Å². The molecule has 2 aliphatic rings. The van der Waals surface area contributed by atoms with E-state index in [1.165, 1.54) is 0 Å². The lowest BCUT2D eigenvalue weighted by Gasteiger charge is -2.50. The van der Waals surface area contributed by atoms with Crippen molar-refractivity contribution in [1.29, 1.82) is 0 Å². The number of nitrogens with zero attached hydrogens (tertiary/aromatic N) is 2. The Bertz CT molecular complexity index is 1080. The first kappa shape index (κ1) is 24.0. The van der Waals surface area contributed by atoms with Gasteiger partial charge in [0, 0.05) is 42.4 Å². The summed E-state index contributed by atoms with van der Waals surface area (Å²) in [5.41, 5.74) is 2.79. The highest BCUT2D eigenvalue weighted by atomic mass is 16.6. The van der Waals surface area contributed by atoms with E-state index in [1.807, 2.05) is 50.8 Å². The number of carbonyl (C=O) groups is 2. The smallest absolute Gasteiger partial charge is 0.410 e. The van der Waals surface area contributed by atoms with Gasteiger partial charge in [-0.3, -0.25) is 4.79 Å². The molecule has 34 heavy (non-hydrogen) atoms. The van der Waals surface area contributed by atoms with Gasteiger partial charge in [0.25, 0.3) is 5.91 Å². The van der Waals surface area contributed by atoms with Gasteiger partial charge in [-0.25, -0.2) is 9.78 Å². The molecule has 7 heteroatoms. The van der Waals surface area contributed by atoms with Gasteiger partial charge in [0.1, 0.15) is 5.60 Å². The van der Waals surface area contributed by atoms with Crippen molar-refractivity contribution in [1.82, 2.24) is 15.2 Å². The number of hydrogen-bond acceptors (Lipinski definition) is 5. The standard InChI is InChI=1S/C27H35N3O4/c1-6-19-16-30(25(32)34-26(3,4)5)14-12-27(19)17-29-23(31)21-15-18(10-11-22(21)27)20-9-8-13-28-24(20)33-7-2/h8-11,13,15,19H,6-7,12,14,16-17H2,1-5H3,(H,29,31). The van der Waals surface area contributed by atoms with Gasteiger partial charge in [0.2, 0.25) is 5.88 Å². The van der Waals surface area contributed by atoms with Crippen molar-refractivity contribution < 1.29 is 19.1 Å². The van der Waals surface area contributed by atoms with Crippen LogP contribution < -0.4 is 10.1 Å². The third-order valence-corrected chi connectivity index (χ3v) is 6.92. The average molecular weight is 466 g/mol. The van der Waals surface area contributed by atoms with Gasteiger partial charge < -0.3 is 19.7 Å². The normalized spacial score (nSPS) is 22.2. The Hall–Kier alpha value is -3.09. The Morgan fingerprint density at radius 1 is 1.24 bits per heavy atom. The summed E-state index contributed by atoms with van der Waals surface area (Å²) in [6.45, 7) is 12.0. The number of hydrogen-bond donors (Lipinski definition) is 1. The van der Waals surface area contributed by atoms with Gasteiger partial charge in [-0.15, -0.1) is 0 Å². The summed E-state index contributed by atoms with van der Waals surface area (Å²) in [4.78, 5) is 31.9. The molecule has 4 rings (SSSR count). The second-order valence-electron chi connectivity index (χ2n) is 10.2. The van der Waals surface area contributed by atoms with E-state index in [1.54, 1.807) is 6.20 Å². The topological polar surface area (TPSA) is 80.8 Å². The number of fused-ring (bicyclic) bond motifs is 2. The first-order valence-electron chi connectivity index (χ1n) is 12.2. The van der Waals surface area contributed by atoms with Crippen molar-refractivity contribution in [2.75, 3.05) is 26.2 Å². The van der Waals surface area contributed by atoms with Crippen LogP contribution in [0.3, 0.4) is 0 Å². The van der Waals surface area contributed by atoms with Gasteiger partial charge >= 0.3 is 6.09 Å². The van der Waals surface area contributed by atoms with E-state index < -0.39 is 5.60 Å². The van der Waals surface area contributed by atoms with E-state index in [0.717, 1.165) is 29.5 Å². The van der Waals surface area contributed by atoms with Crippen LogP contribution in [-0.2, 0) is 10.2 Å². The fourth-order valence-corrected chi connectivity index (χ4v) is 5.29. The lowest BCUT2D eigenvalue weighted by molar-refractivity contribution is 0.00428. The molecular weight excluding hydrogens is 430 g/mol. The molecule has 0 aliphatic carbocycles. The quantitative estimate of drug-likeness (QED) is 0.702. The van der Waals surface area contributed by atoms with E-state index in [9.17, 15) is 9.59 Å². The monoisotopic (exact) mass is 465 g/mol. The number of pyridine rings is 1. The lowest BCUT2D eigenvalue weighted by atomic mass is 9.62. The highest BCUT2D eigenvalue weighted by Gasteiger charge is 2.48. The first-order chi connectivity index (χ1) is 16.2. The Morgan fingerprint density at radius 2 is 2.03 bits per heavy atom. The molecule has 0 bridgehead atoms. The minimum absolute atomic E-state index is 0.0613. The number of aromatic nitrogens is 1. The van der Waals surface area contributed by atoms with Gasteiger partial charge in [-0.2, -0.15) is 0 Å². The molecule has 182 valence electrons. The van der Waals surface area contributed by atoms with Crippen molar-refractivity contribution in [2.45, 2.75) is 58.5 Å². The summed E-state index contributed by atoms with van der Waals surface area (Å²) in [6, 6.07) is 9.95. The zero-order valence-corrected chi connectivity index (χ0v) is 20.8. The Morgan fingerprint density at radius 3 is 2.74 bits per heavy atom.